The minimum Gasteiger partial charge on any atom is -0.377 e. The number of hydrogen-bond acceptors (Lipinski definition) is 3. The third kappa shape index (κ3) is 6.74. The van der Waals surface area contributed by atoms with Crippen LogP contribution in [0.1, 0.15) is 38.3 Å². The lowest BCUT2D eigenvalue weighted by atomic mass is 10.1. The maximum atomic E-state index is 11.9. The molecule has 1 N–H and O–H groups in total. The third-order valence-corrected chi connectivity index (χ3v) is 3.46. The van der Waals surface area contributed by atoms with Crippen molar-refractivity contribution in [1.82, 2.24) is 10.2 Å². The SMILES string of the molecule is CCCOCc1ccccc1CNC(=O)CN(CC)CC. The molecule has 0 bridgehead atoms. The zero-order chi connectivity index (χ0) is 15.5. The fraction of sp³-hybridized carbons (Fsp3) is 0.588. The van der Waals surface area contributed by atoms with E-state index in [1.807, 2.05) is 18.2 Å². The highest BCUT2D eigenvalue weighted by molar-refractivity contribution is 5.78. The molecule has 4 nitrogen and oxygen atoms in total. The molecule has 0 saturated carbocycles. The van der Waals surface area contributed by atoms with Crippen LogP contribution in [0.25, 0.3) is 0 Å². The zero-order valence-corrected chi connectivity index (χ0v) is 13.5. The summed E-state index contributed by atoms with van der Waals surface area (Å²) in [4.78, 5) is 14.0. The second kappa shape index (κ2) is 10.4. The van der Waals surface area contributed by atoms with Crippen molar-refractivity contribution in [2.45, 2.75) is 40.3 Å². The second-order valence-corrected chi connectivity index (χ2v) is 5.06. The first kappa shape index (κ1) is 17.7. The highest BCUT2D eigenvalue weighted by atomic mass is 16.5. The number of rotatable bonds is 10. The topological polar surface area (TPSA) is 41.6 Å². The number of likely N-dealkylation sites (N-methyl/N-ethyl adjacent to an activating group) is 1. The van der Waals surface area contributed by atoms with E-state index in [2.05, 4.69) is 37.1 Å². The Morgan fingerprint density at radius 1 is 1.14 bits per heavy atom. The Labute approximate surface area is 128 Å². The zero-order valence-electron chi connectivity index (χ0n) is 13.5. The van der Waals surface area contributed by atoms with Gasteiger partial charge in [-0.25, -0.2) is 0 Å². The van der Waals surface area contributed by atoms with E-state index in [9.17, 15) is 4.79 Å². The summed E-state index contributed by atoms with van der Waals surface area (Å²) < 4.78 is 5.59. The minimum atomic E-state index is 0.0722. The molecule has 1 aromatic carbocycles. The van der Waals surface area contributed by atoms with Crippen LogP contribution in [0.2, 0.25) is 0 Å². The first-order chi connectivity index (χ1) is 10.2. The molecule has 1 rings (SSSR count). The van der Waals surface area contributed by atoms with Crippen LogP contribution >= 0.6 is 0 Å². The van der Waals surface area contributed by atoms with Crippen LogP contribution < -0.4 is 5.32 Å². The average Bonchev–Trinajstić information content (AvgIpc) is 2.52. The van der Waals surface area contributed by atoms with Crippen molar-refractivity contribution < 1.29 is 9.53 Å². The lowest BCUT2D eigenvalue weighted by Crippen LogP contribution is -2.36. The van der Waals surface area contributed by atoms with E-state index >= 15 is 0 Å². The van der Waals surface area contributed by atoms with E-state index in [0.717, 1.165) is 37.2 Å². The van der Waals surface area contributed by atoms with Crippen molar-refractivity contribution in [3.8, 4) is 0 Å². The number of nitrogens with zero attached hydrogens (tertiary/aromatic N) is 1. The summed E-state index contributed by atoms with van der Waals surface area (Å²) in [5.74, 6) is 0.0722. The van der Waals surface area contributed by atoms with Crippen molar-refractivity contribution in [2.24, 2.45) is 0 Å². The maximum absolute atomic E-state index is 11.9. The Balaban J connectivity index is 2.48. The summed E-state index contributed by atoms with van der Waals surface area (Å²) in [6, 6.07) is 8.10. The van der Waals surface area contributed by atoms with Gasteiger partial charge in [0.2, 0.25) is 5.91 Å². The van der Waals surface area contributed by atoms with Crippen LogP contribution in [0.5, 0.6) is 0 Å². The van der Waals surface area contributed by atoms with E-state index in [-0.39, 0.29) is 5.91 Å². The summed E-state index contributed by atoms with van der Waals surface area (Å²) in [6.07, 6.45) is 1.02. The third-order valence-electron chi connectivity index (χ3n) is 3.46. The number of benzene rings is 1. The molecule has 0 atom stereocenters. The molecule has 0 unspecified atom stereocenters. The Morgan fingerprint density at radius 2 is 1.81 bits per heavy atom. The lowest BCUT2D eigenvalue weighted by molar-refractivity contribution is -0.122. The first-order valence-corrected chi connectivity index (χ1v) is 7.84. The van der Waals surface area contributed by atoms with E-state index in [1.54, 1.807) is 0 Å². The summed E-state index contributed by atoms with van der Waals surface area (Å²) in [5, 5.41) is 2.99. The van der Waals surface area contributed by atoms with Crippen LogP contribution in [0.3, 0.4) is 0 Å². The molecule has 118 valence electrons. The molecular weight excluding hydrogens is 264 g/mol. The molecule has 0 radical (unpaired) electrons. The highest BCUT2D eigenvalue weighted by Gasteiger charge is 2.08. The van der Waals surface area contributed by atoms with Crippen molar-refractivity contribution in [3.05, 3.63) is 35.4 Å². The predicted molar refractivity (Wildman–Crippen MR) is 86.0 cm³/mol. The van der Waals surface area contributed by atoms with E-state index in [1.165, 1.54) is 0 Å². The Kier molecular flexibility index (Phi) is 8.71. The fourth-order valence-corrected chi connectivity index (χ4v) is 2.10. The standard InChI is InChI=1S/C17H28N2O2/c1-4-11-21-14-16-10-8-7-9-15(16)12-18-17(20)13-19(5-2)6-3/h7-10H,4-6,11-14H2,1-3H3,(H,18,20). The fourth-order valence-electron chi connectivity index (χ4n) is 2.10. The highest BCUT2D eigenvalue weighted by Crippen LogP contribution is 2.10. The summed E-state index contributed by atoms with van der Waals surface area (Å²) >= 11 is 0. The van der Waals surface area contributed by atoms with Gasteiger partial charge in [0.15, 0.2) is 0 Å². The van der Waals surface area contributed by atoms with Crippen molar-refractivity contribution in [1.29, 1.82) is 0 Å². The van der Waals surface area contributed by atoms with Gasteiger partial charge in [0, 0.05) is 13.2 Å². The van der Waals surface area contributed by atoms with Crippen LogP contribution in [0.4, 0.5) is 0 Å². The second-order valence-electron chi connectivity index (χ2n) is 5.06. The molecule has 1 aromatic rings. The summed E-state index contributed by atoms with van der Waals surface area (Å²) in [6.45, 7) is 10.4. The number of carbonyl (C=O) groups is 1. The predicted octanol–water partition coefficient (Wildman–Crippen LogP) is 2.57. The maximum Gasteiger partial charge on any atom is 0.234 e. The van der Waals surface area contributed by atoms with Crippen LogP contribution in [0.15, 0.2) is 24.3 Å². The molecular formula is C17H28N2O2. The molecule has 0 aliphatic heterocycles. The minimum absolute atomic E-state index is 0.0722. The van der Waals surface area contributed by atoms with Gasteiger partial charge in [-0.1, -0.05) is 45.0 Å². The molecule has 0 spiro atoms. The number of hydrogen-bond donors (Lipinski definition) is 1. The van der Waals surface area contributed by atoms with Gasteiger partial charge in [0.1, 0.15) is 0 Å². The van der Waals surface area contributed by atoms with Gasteiger partial charge >= 0.3 is 0 Å². The van der Waals surface area contributed by atoms with Crippen LogP contribution in [-0.2, 0) is 22.7 Å². The van der Waals surface area contributed by atoms with Gasteiger partial charge in [0.05, 0.1) is 13.2 Å². The molecule has 0 heterocycles. The first-order valence-electron chi connectivity index (χ1n) is 7.84. The molecule has 1 amide bonds. The summed E-state index contributed by atoms with van der Waals surface area (Å²) in [7, 11) is 0. The molecule has 0 fully saturated rings. The van der Waals surface area contributed by atoms with Crippen LogP contribution in [-0.4, -0.2) is 37.0 Å². The van der Waals surface area contributed by atoms with E-state index in [4.69, 9.17) is 4.74 Å². The lowest BCUT2D eigenvalue weighted by Gasteiger charge is -2.17. The van der Waals surface area contributed by atoms with Gasteiger partial charge in [-0.05, 0) is 30.6 Å². The molecule has 0 aliphatic carbocycles. The van der Waals surface area contributed by atoms with Gasteiger partial charge in [0.25, 0.3) is 0 Å². The van der Waals surface area contributed by atoms with Crippen molar-refractivity contribution in [2.75, 3.05) is 26.2 Å². The largest absolute Gasteiger partial charge is 0.377 e. The number of nitrogens with one attached hydrogen (secondary N) is 1. The molecule has 4 heteroatoms. The van der Waals surface area contributed by atoms with Gasteiger partial charge in [-0.2, -0.15) is 0 Å². The average molecular weight is 292 g/mol. The Hall–Kier alpha value is -1.39. The molecule has 0 aliphatic rings. The Bertz CT molecular complexity index is 417. The molecule has 0 saturated heterocycles. The van der Waals surface area contributed by atoms with Crippen LogP contribution in [0, 0.1) is 0 Å². The summed E-state index contributed by atoms with van der Waals surface area (Å²) in [5.41, 5.74) is 2.27. The number of carbonyl (C=O) groups excluding carboxylic acids is 1. The van der Waals surface area contributed by atoms with E-state index in [0.29, 0.717) is 19.7 Å². The number of amides is 1. The number of ether oxygens (including phenoxy) is 1. The molecule has 21 heavy (non-hydrogen) atoms. The van der Waals surface area contributed by atoms with Gasteiger partial charge < -0.3 is 10.1 Å². The quantitative estimate of drug-likeness (QED) is 0.674. The molecule has 0 aromatic heterocycles. The van der Waals surface area contributed by atoms with Crippen molar-refractivity contribution in [3.63, 3.8) is 0 Å². The Morgan fingerprint density at radius 3 is 2.43 bits per heavy atom. The van der Waals surface area contributed by atoms with Gasteiger partial charge in [-0.15, -0.1) is 0 Å². The van der Waals surface area contributed by atoms with Gasteiger partial charge in [-0.3, -0.25) is 9.69 Å². The van der Waals surface area contributed by atoms with E-state index < -0.39 is 0 Å². The van der Waals surface area contributed by atoms with Crippen molar-refractivity contribution >= 4 is 5.91 Å². The normalized spacial score (nSPS) is 10.9. The smallest absolute Gasteiger partial charge is 0.234 e. The monoisotopic (exact) mass is 292 g/mol.